The van der Waals surface area contributed by atoms with Crippen LogP contribution in [0.2, 0.25) is 0 Å². The second kappa shape index (κ2) is 6.22. The van der Waals surface area contributed by atoms with Crippen molar-refractivity contribution >= 4 is 15.5 Å². The van der Waals surface area contributed by atoms with Crippen LogP contribution < -0.4 is 5.32 Å². The lowest BCUT2D eigenvalue weighted by atomic mass is 10.2. The van der Waals surface area contributed by atoms with Crippen LogP contribution in [-0.4, -0.2) is 14.2 Å². The van der Waals surface area contributed by atoms with Crippen molar-refractivity contribution < 1.29 is 17.2 Å². The predicted octanol–water partition coefficient (Wildman–Crippen LogP) is 3.37. The Morgan fingerprint density at radius 2 is 1.76 bits per heavy atom. The Balaban J connectivity index is 2.27. The molecule has 3 nitrogen and oxygen atoms in total. The summed E-state index contributed by atoms with van der Waals surface area (Å²) in [5, 5.41) is 2.85. The van der Waals surface area contributed by atoms with Gasteiger partial charge >= 0.3 is 0 Å². The fraction of sp³-hybridized carbons (Fsp3) is 0.200. The first-order chi connectivity index (χ1) is 9.95. The molecule has 2 aromatic rings. The second-order valence-electron chi connectivity index (χ2n) is 4.47. The Hall–Kier alpha value is -1.95. The van der Waals surface area contributed by atoms with Gasteiger partial charge in [-0.15, -0.1) is 0 Å². The Labute approximate surface area is 122 Å². The molecule has 0 bridgehead atoms. The van der Waals surface area contributed by atoms with Crippen LogP contribution in [0.1, 0.15) is 12.5 Å². The summed E-state index contributed by atoms with van der Waals surface area (Å²) in [4.78, 5) is 0.157. The number of rotatable bonds is 5. The number of halogens is 2. The highest BCUT2D eigenvalue weighted by Gasteiger charge is 2.16. The molecule has 0 radical (unpaired) electrons. The first kappa shape index (κ1) is 15.4. The number of anilines is 1. The molecule has 2 rings (SSSR count). The highest BCUT2D eigenvalue weighted by molar-refractivity contribution is 7.91. The third-order valence-corrected chi connectivity index (χ3v) is 4.89. The monoisotopic (exact) mass is 311 g/mol. The van der Waals surface area contributed by atoms with Gasteiger partial charge in [0.2, 0.25) is 0 Å². The molecular weight excluding hydrogens is 296 g/mol. The Bertz CT molecular complexity index is 745. The number of hydrogen-bond acceptors (Lipinski definition) is 3. The van der Waals surface area contributed by atoms with Gasteiger partial charge in [0.05, 0.1) is 16.3 Å². The molecule has 1 N–H and O–H groups in total. The summed E-state index contributed by atoms with van der Waals surface area (Å²) >= 11 is 0. The largest absolute Gasteiger partial charge is 0.380 e. The summed E-state index contributed by atoms with van der Waals surface area (Å²) in [6, 6.07) is 10.3. The number of nitrogens with one attached hydrogen (secondary N) is 1. The summed E-state index contributed by atoms with van der Waals surface area (Å²) in [6.45, 7) is 1.55. The fourth-order valence-corrected chi connectivity index (χ4v) is 2.99. The van der Waals surface area contributed by atoms with Crippen molar-refractivity contribution in [2.75, 3.05) is 11.1 Å². The minimum Gasteiger partial charge on any atom is -0.380 e. The van der Waals surface area contributed by atoms with Crippen molar-refractivity contribution in [2.45, 2.75) is 18.4 Å². The molecule has 0 spiro atoms. The molecular formula is C15H15F2NO2S. The van der Waals surface area contributed by atoms with E-state index < -0.39 is 21.5 Å². The van der Waals surface area contributed by atoms with Gasteiger partial charge in [0.25, 0.3) is 0 Å². The first-order valence-electron chi connectivity index (χ1n) is 6.44. The molecule has 0 aliphatic rings. The maximum Gasteiger partial charge on any atom is 0.180 e. The van der Waals surface area contributed by atoms with E-state index in [4.69, 9.17) is 0 Å². The molecule has 21 heavy (non-hydrogen) atoms. The number of para-hydroxylation sites is 1. The molecule has 6 heteroatoms. The fourth-order valence-electron chi connectivity index (χ4n) is 1.91. The molecule has 0 amide bonds. The van der Waals surface area contributed by atoms with Crippen LogP contribution in [-0.2, 0) is 16.4 Å². The molecule has 2 aromatic carbocycles. The lowest BCUT2D eigenvalue weighted by molar-refractivity contribution is 0.500. The lowest BCUT2D eigenvalue weighted by Crippen LogP contribution is -2.10. The first-order valence-corrected chi connectivity index (χ1v) is 8.09. The van der Waals surface area contributed by atoms with Crippen molar-refractivity contribution in [3.8, 4) is 0 Å². The van der Waals surface area contributed by atoms with Gasteiger partial charge in [-0.1, -0.05) is 31.2 Å². The van der Waals surface area contributed by atoms with E-state index in [0.717, 1.165) is 6.07 Å². The predicted molar refractivity (Wildman–Crippen MR) is 77.9 cm³/mol. The van der Waals surface area contributed by atoms with E-state index in [9.17, 15) is 17.2 Å². The molecule has 0 aliphatic carbocycles. The third-order valence-electron chi connectivity index (χ3n) is 3.10. The topological polar surface area (TPSA) is 46.2 Å². The summed E-state index contributed by atoms with van der Waals surface area (Å²) in [6.07, 6.45) is 0. The summed E-state index contributed by atoms with van der Waals surface area (Å²) in [5.41, 5.74) is 0.515. The van der Waals surface area contributed by atoms with E-state index in [1.807, 2.05) is 0 Å². The van der Waals surface area contributed by atoms with Gasteiger partial charge in [-0.05, 0) is 18.2 Å². The number of hydrogen-bond donors (Lipinski definition) is 1. The zero-order valence-electron chi connectivity index (χ0n) is 11.4. The number of benzene rings is 2. The van der Waals surface area contributed by atoms with Gasteiger partial charge in [0.1, 0.15) is 0 Å². The van der Waals surface area contributed by atoms with E-state index in [2.05, 4.69) is 5.32 Å². The maximum atomic E-state index is 13.6. The standard InChI is InChI=1S/C15H15F2NO2S/c1-2-21(19,20)14-9-4-3-8-13(14)18-10-11-6-5-7-12(16)15(11)17/h3-9,18H,2,10H2,1H3. The van der Waals surface area contributed by atoms with Crippen molar-refractivity contribution in [2.24, 2.45) is 0 Å². The second-order valence-corrected chi connectivity index (χ2v) is 6.71. The van der Waals surface area contributed by atoms with Crippen LogP contribution in [0.25, 0.3) is 0 Å². The summed E-state index contributed by atoms with van der Waals surface area (Å²) in [5.74, 6) is -1.88. The van der Waals surface area contributed by atoms with Gasteiger partial charge in [-0.2, -0.15) is 0 Å². The molecule has 0 heterocycles. The minimum absolute atomic E-state index is 0.000158. The average Bonchev–Trinajstić information content (AvgIpc) is 2.49. The maximum absolute atomic E-state index is 13.6. The molecule has 0 saturated heterocycles. The van der Waals surface area contributed by atoms with Crippen LogP contribution in [0.4, 0.5) is 14.5 Å². The Kier molecular flexibility index (Phi) is 4.57. The van der Waals surface area contributed by atoms with Crippen molar-refractivity contribution in [1.82, 2.24) is 0 Å². The van der Waals surface area contributed by atoms with E-state index in [0.29, 0.717) is 5.69 Å². The Morgan fingerprint density at radius 1 is 1.05 bits per heavy atom. The summed E-state index contributed by atoms with van der Waals surface area (Å²) < 4.78 is 50.7. The molecule has 0 aliphatic heterocycles. The zero-order valence-corrected chi connectivity index (χ0v) is 12.3. The third kappa shape index (κ3) is 3.39. The van der Waals surface area contributed by atoms with Crippen LogP contribution in [0.15, 0.2) is 47.4 Å². The van der Waals surface area contributed by atoms with Crippen LogP contribution >= 0.6 is 0 Å². The lowest BCUT2D eigenvalue weighted by Gasteiger charge is -2.12. The molecule has 0 fully saturated rings. The smallest absolute Gasteiger partial charge is 0.180 e. The van der Waals surface area contributed by atoms with Crippen molar-refractivity contribution in [3.05, 3.63) is 59.7 Å². The van der Waals surface area contributed by atoms with E-state index in [-0.39, 0.29) is 22.8 Å². The van der Waals surface area contributed by atoms with Gasteiger partial charge in [-0.3, -0.25) is 0 Å². The van der Waals surface area contributed by atoms with E-state index in [1.165, 1.54) is 18.2 Å². The van der Waals surface area contributed by atoms with Crippen LogP contribution in [0, 0.1) is 11.6 Å². The normalized spacial score (nSPS) is 11.4. The van der Waals surface area contributed by atoms with Gasteiger partial charge < -0.3 is 5.32 Å². The van der Waals surface area contributed by atoms with E-state index >= 15 is 0 Å². The Morgan fingerprint density at radius 3 is 2.48 bits per heavy atom. The molecule has 0 aromatic heterocycles. The quantitative estimate of drug-likeness (QED) is 0.921. The summed E-state index contributed by atoms with van der Waals surface area (Å²) in [7, 11) is -3.38. The van der Waals surface area contributed by atoms with Crippen LogP contribution in [0.5, 0.6) is 0 Å². The van der Waals surface area contributed by atoms with E-state index in [1.54, 1.807) is 25.1 Å². The molecule has 0 atom stereocenters. The van der Waals surface area contributed by atoms with Crippen molar-refractivity contribution in [1.29, 1.82) is 0 Å². The highest BCUT2D eigenvalue weighted by Crippen LogP contribution is 2.23. The SMILES string of the molecule is CCS(=O)(=O)c1ccccc1NCc1cccc(F)c1F. The molecule has 112 valence electrons. The van der Waals surface area contributed by atoms with Crippen molar-refractivity contribution in [3.63, 3.8) is 0 Å². The van der Waals surface area contributed by atoms with Gasteiger partial charge in [0, 0.05) is 12.1 Å². The molecule has 0 saturated carbocycles. The molecule has 0 unspecified atom stereocenters. The van der Waals surface area contributed by atoms with Gasteiger partial charge in [0.15, 0.2) is 21.5 Å². The number of sulfone groups is 1. The minimum atomic E-state index is -3.38. The van der Waals surface area contributed by atoms with Crippen LogP contribution in [0.3, 0.4) is 0 Å². The zero-order chi connectivity index (χ0) is 15.5. The highest BCUT2D eigenvalue weighted by atomic mass is 32.2. The van der Waals surface area contributed by atoms with Gasteiger partial charge in [-0.25, -0.2) is 17.2 Å². The average molecular weight is 311 g/mol.